The van der Waals surface area contributed by atoms with Crippen molar-refractivity contribution in [3.63, 3.8) is 0 Å². The van der Waals surface area contributed by atoms with Gasteiger partial charge in [0.1, 0.15) is 0 Å². The van der Waals surface area contributed by atoms with Crippen LogP contribution < -0.4 is 0 Å². The average Bonchev–Trinajstić information content (AvgIpc) is 1.82. The van der Waals surface area contributed by atoms with Crippen LogP contribution in [0.15, 0.2) is 0 Å². The van der Waals surface area contributed by atoms with E-state index in [0.29, 0.717) is 12.2 Å². The Bertz CT molecular complexity index is 129. The van der Waals surface area contributed by atoms with Crippen molar-refractivity contribution in [3.8, 4) is 0 Å². The number of ether oxygens (including phenoxy) is 1. The van der Waals surface area contributed by atoms with Gasteiger partial charge in [0.25, 0.3) is 0 Å². The van der Waals surface area contributed by atoms with E-state index in [2.05, 4.69) is 55.4 Å². The van der Waals surface area contributed by atoms with Crippen molar-refractivity contribution in [1.29, 1.82) is 0 Å². The Balaban J connectivity index is 4.15. The molecule has 80 valence electrons. The molecule has 0 aliphatic heterocycles. The molecule has 0 radical (unpaired) electrons. The molecule has 0 aromatic carbocycles. The first-order valence-electron chi connectivity index (χ1n) is 5.20. The molecule has 1 heteroatoms. The van der Waals surface area contributed by atoms with Crippen molar-refractivity contribution in [1.82, 2.24) is 0 Å². The first-order valence-corrected chi connectivity index (χ1v) is 5.20. The van der Waals surface area contributed by atoms with Gasteiger partial charge in [-0.25, -0.2) is 0 Å². The van der Waals surface area contributed by atoms with Crippen LogP contribution in [0.2, 0.25) is 0 Å². The second-order valence-electron chi connectivity index (χ2n) is 6.15. The van der Waals surface area contributed by atoms with Gasteiger partial charge in [0, 0.05) is 0 Å². The van der Waals surface area contributed by atoms with Crippen molar-refractivity contribution in [3.05, 3.63) is 0 Å². The highest BCUT2D eigenvalue weighted by Crippen LogP contribution is 2.28. The van der Waals surface area contributed by atoms with Crippen LogP contribution in [0.5, 0.6) is 0 Å². The van der Waals surface area contributed by atoms with Gasteiger partial charge < -0.3 is 4.74 Å². The van der Waals surface area contributed by atoms with Crippen LogP contribution in [0.25, 0.3) is 0 Å². The highest BCUT2D eigenvalue weighted by Gasteiger charge is 2.27. The molecule has 0 spiro atoms. The summed E-state index contributed by atoms with van der Waals surface area (Å²) in [5.41, 5.74) is 0.471. The highest BCUT2D eigenvalue weighted by atomic mass is 16.5. The number of rotatable bonds is 2. The molecule has 2 unspecified atom stereocenters. The Labute approximate surface area is 83.9 Å². The molecule has 0 fully saturated rings. The summed E-state index contributed by atoms with van der Waals surface area (Å²) in [7, 11) is 0. The molecular formula is C12H26O. The van der Waals surface area contributed by atoms with E-state index >= 15 is 0 Å². The Morgan fingerprint density at radius 2 is 0.923 bits per heavy atom. The van der Waals surface area contributed by atoms with E-state index in [4.69, 9.17) is 4.74 Å². The Morgan fingerprint density at radius 1 is 0.692 bits per heavy atom. The molecular weight excluding hydrogens is 160 g/mol. The van der Waals surface area contributed by atoms with E-state index in [9.17, 15) is 0 Å². The van der Waals surface area contributed by atoms with Gasteiger partial charge in [-0.15, -0.1) is 0 Å². The van der Waals surface area contributed by atoms with E-state index in [-0.39, 0.29) is 10.8 Å². The van der Waals surface area contributed by atoms with Crippen molar-refractivity contribution in [2.45, 2.75) is 67.6 Å². The molecule has 0 bridgehead atoms. The maximum Gasteiger partial charge on any atom is 0.0599 e. The van der Waals surface area contributed by atoms with Crippen LogP contribution >= 0.6 is 0 Å². The van der Waals surface area contributed by atoms with Crippen molar-refractivity contribution in [2.24, 2.45) is 10.8 Å². The molecule has 13 heavy (non-hydrogen) atoms. The predicted molar refractivity (Wildman–Crippen MR) is 58.9 cm³/mol. The summed E-state index contributed by atoms with van der Waals surface area (Å²) in [6, 6.07) is 0. The van der Waals surface area contributed by atoms with E-state index in [1.807, 2.05) is 0 Å². The lowest BCUT2D eigenvalue weighted by Crippen LogP contribution is -2.35. The molecule has 0 N–H and O–H groups in total. The van der Waals surface area contributed by atoms with Gasteiger partial charge in [0.15, 0.2) is 0 Å². The Hall–Kier alpha value is -0.0400. The molecule has 0 aromatic heterocycles. The minimum absolute atomic E-state index is 0.236. The van der Waals surface area contributed by atoms with Crippen LogP contribution in [0.4, 0.5) is 0 Å². The van der Waals surface area contributed by atoms with Crippen molar-refractivity contribution < 1.29 is 4.74 Å². The number of hydrogen-bond acceptors (Lipinski definition) is 1. The lowest BCUT2D eigenvalue weighted by atomic mass is 9.87. The quantitative estimate of drug-likeness (QED) is 0.636. The van der Waals surface area contributed by atoms with Crippen molar-refractivity contribution >= 4 is 0 Å². The Kier molecular flexibility index (Phi) is 3.98. The predicted octanol–water partition coefficient (Wildman–Crippen LogP) is 3.87. The van der Waals surface area contributed by atoms with Crippen LogP contribution in [-0.2, 0) is 4.74 Å². The smallest absolute Gasteiger partial charge is 0.0599 e. The van der Waals surface area contributed by atoms with Crippen LogP contribution in [0.1, 0.15) is 55.4 Å². The second kappa shape index (κ2) is 4.00. The summed E-state index contributed by atoms with van der Waals surface area (Å²) in [5.74, 6) is 0. The maximum absolute atomic E-state index is 5.98. The third kappa shape index (κ3) is 4.66. The molecule has 0 aromatic rings. The molecule has 0 heterocycles. The van der Waals surface area contributed by atoms with Gasteiger partial charge >= 0.3 is 0 Å². The fraction of sp³-hybridized carbons (Fsp3) is 1.00. The fourth-order valence-electron chi connectivity index (χ4n) is 0.714. The molecule has 1 nitrogen and oxygen atoms in total. The fourth-order valence-corrected chi connectivity index (χ4v) is 0.714. The van der Waals surface area contributed by atoms with E-state index in [1.54, 1.807) is 0 Å². The zero-order chi connectivity index (χ0) is 10.9. The van der Waals surface area contributed by atoms with E-state index in [1.165, 1.54) is 0 Å². The minimum atomic E-state index is 0.236. The van der Waals surface area contributed by atoms with Crippen LogP contribution in [0, 0.1) is 10.8 Å². The van der Waals surface area contributed by atoms with Gasteiger partial charge in [-0.1, -0.05) is 41.5 Å². The van der Waals surface area contributed by atoms with Crippen LogP contribution in [-0.4, -0.2) is 12.2 Å². The average molecular weight is 186 g/mol. The topological polar surface area (TPSA) is 9.23 Å². The first-order chi connectivity index (χ1) is 5.55. The van der Waals surface area contributed by atoms with Gasteiger partial charge in [-0.05, 0) is 24.7 Å². The highest BCUT2D eigenvalue weighted by molar-refractivity contribution is 4.75. The maximum atomic E-state index is 5.98. The van der Waals surface area contributed by atoms with Gasteiger partial charge in [-0.3, -0.25) is 0 Å². The molecule has 2 atom stereocenters. The summed E-state index contributed by atoms with van der Waals surface area (Å²) < 4.78 is 5.98. The molecule has 0 saturated carbocycles. The molecule has 0 aliphatic rings. The van der Waals surface area contributed by atoms with Crippen molar-refractivity contribution in [2.75, 3.05) is 0 Å². The standard InChI is InChI=1S/C12H26O/c1-9(11(3,4)5)13-10(2)12(6,7)8/h9-10H,1-8H3. The summed E-state index contributed by atoms with van der Waals surface area (Å²) in [6.07, 6.45) is 0.614. The summed E-state index contributed by atoms with van der Waals surface area (Å²) in [6.45, 7) is 17.6. The van der Waals surface area contributed by atoms with E-state index < -0.39 is 0 Å². The summed E-state index contributed by atoms with van der Waals surface area (Å²) in [5, 5.41) is 0. The molecule has 0 aliphatic carbocycles. The third-order valence-corrected chi connectivity index (χ3v) is 2.85. The zero-order valence-electron chi connectivity index (χ0n) is 10.6. The SMILES string of the molecule is CC(OC(C)C(C)(C)C)C(C)(C)C. The summed E-state index contributed by atoms with van der Waals surface area (Å²) >= 11 is 0. The molecule has 0 saturated heterocycles. The normalized spacial score (nSPS) is 18.5. The Morgan fingerprint density at radius 3 is 1.08 bits per heavy atom. The molecule has 0 amide bonds. The van der Waals surface area contributed by atoms with Crippen LogP contribution in [0.3, 0.4) is 0 Å². The minimum Gasteiger partial charge on any atom is -0.374 e. The zero-order valence-corrected chi connectivity index (χ0v) is 10.6. The van der Waals surface area contributed by atoms with E-state index in [0.717, 1.165) is 0 Å². The van der Waals surface area contributed by atoms with Gasteiger partial charge in [-0.2, -0.15) is 0 Å². The summed E-state index contributed by atoms with van der Waals surface area (Å²) in [4.78, 5) is 0. The van der Waals surface area contributed by atoms with Gasteiger partial charge in [0.2, 0.25) is 0 Å². The largest absolute Gasteiger partial charge is 0.374 e. The monoisotopic (exact) mass is 186 g/mol. The second-order valence-corrected chi connectivity index (χ2v) is 6.15. The lowest BCUT2D eigenvalue weighted by Gasteiger charge is -2.35. The first kappa shape index (κ1) is 13.0. The number of hydrogen-bond donors (Lipinski definition) is 0. The van der Waals surface area contributed by atoms with Gasteiger partial charge in [0.05, 0.1) is 12.2 Å². The lowest BCUT2D eigenvalue weighted by molar-refractivity contribution is -0.0886. The molecule has 0 rings (SSSR count). The third-order valence-electron chi connectivity index (χ3n) is 2.85.